The third-order valence-electron chi connectivity index (χ3n) is 5.21. The molecule has 1 aliphatic heterocycles. The Bertz CT molecular complexity index is 1000. The van der Waals surface area contributed by atoms with Crippen molar-refractivity contribution >= 4 is 41.3 Å². The minimum atomic E-state index is -0.794. The Morgan fingerprint density at radius 1 is 1.41 bits per heavy atom. The van der Waals surface area contributed by atoms with E-state index in [4.69, 9.17) is 15.9 Å². The maximum atomic E-state index is 15.0. The molecule has 0 aliphatic carbocycles. The molecule has 1 saturated heterocycles. The summed E-state index contributed by atoms with van der Waals surface area (Å²) < 4.78 is 20.5. The van der Waals surface area contributed by atoms with Crippen molar-refractivity contribution in [3.63, 3.8) is 0 Å². The van der Waals surface area contributed by atoms with Crippen LogP contribution in [0.1, 0.15) is 16.8 Å². The topological polar surface area (TPSA) is 141 Å². The number of benzene rings is 1. The number of hydrogen-bond donors (Lipinski definition) is 5. The fraction of sp³-hybridized carbons (Fsp3) is 0.333. The summed E-state index contributed by atoms with van der Waals surface area (Å²) in [6.07, 6.45) is 3.04. The lowest BCUT2D eigenvalue weighted by atomic mass is 10.0. The number of ether oxygens (including phenoxy) is 1. The fourth-order valence-corrected chi connectivity index (χ4v) is 3.58. The number of rotatable bonds is 9. The fourth-order valence-electron chi connectivity index (χ4n) is 3.58. The number of nitrogens with zero attached hydrogens (tertiary/aromatic N) is 3. The van der Waals surface area contributed by atoms with Gasteiger partial charge < -0.3 is 31.4 Å². The van der Waals surface area contributed by atoms with Gasteiger partial charge in [0.25, 0.3) is 5.91 Å². The second kappa shape index (κ2) is 10.6. The van der Waals surface area contributed by atoms with Gasteiger partial charge in [-0.15, -0.1) is 0 Å². The highest BCUT2D eigenvalue weighted by molar-refractivity contribution is 6.14. The molecule has 0 spiro atoms. The minimum absolute atomic E-state index is 0.00597. The van der Waals surface area contributed by atoms with Crippen LogP contribution in [0, 0.1) is 11.2 Å². The van der Waals surface area contributed by atoms with E-state index in [1.54, 1.807) is 36.2 Å². The molecule has 0 radical (unpaired) electrons. The van der Waals surface area contributed by atoms with Crippen molar-refractivity contribution in [1.29, 1.82) is 5.41 Å². The molecular weight excluding hydrogens is 415 g/mol. The second-order valence-electron chi connectivity index (χ2n) is 7.25. The van der Waals surface area contributed by atoms with Crippen LogP contribution in [-0.4, -0.2) is 62.7 Å². The van der Waals surface area contributed by atoms with Crippen LogP contribution in [0.3, 0.4) is 0 Å². The van der Waals surface area contributed by atoms with Gasteiger partial charge in [0.2, 0.25) is 0 Å². The number of carbonyl (C=O) groups is 1. The smallest absolute Gasteiger partial charge is 0.252 e. The molecule has 3 rings (SSSR count). The van der Waals surface area contributed by atoms with Gasteiger partial charge in [0.1, 0.15) is 5.82 Å². The second-order valence-corrected chi connectivity index (χ2v) is 7.25. The molecule has 1 unspecified atom stereocenters. The lowest BCUT2D eigenvalue weighted by molar-refractivity contribution is 0.0600. The van der Waals surface area contributed by atoms with Crippen molar-refractivity contribution in [3.05, 3.63) is 41.7 Å². The maximum absolute atomic E-state index is 15.0. The molecule has 1 aliphatic rings. The van der Waals surface area contributed by atoms with Gasteiger partial charge in [-0.1, -0.05) is 6.07 Å². The van der Waals surface area contributed by atoms with E-state index >= 15 is 0 Å². The first-order valence-electron chi connectivity index (χ1n) is 10.1. The van der Waals surface area contributed by atoms with E-state index < -0.39 is 11.7 Å². The van der Waals surface area contributed by atoms with E-state index in [-0.39, 0.29) is 29.3 Å². The van der Waals surface area contributed by atoms with Crippen molar-refractivity contribution < 1.29 is 13.9 Å². The lowest BCUT2D eigenvalue weighted by Gasteiger charge is -2.38. The highest BCUT2D eigenvalue weighted by Gasteiger charge is 2.30. The monoisotopic (exact) mass is 442 g/mol. The molecule has 1 aromatic carbocycles. The van der Waals surface area contributed by atoms with Gasteiger partial charge in [-0.25, -0.2) is 9.37 Å². The first-order valence-corrected chi connectivity index (χ1v) is 10.1. The molecule has 2 heterocycles. The van der Waals surface area contributed by atoms with Gasteiger partial charge in [0.05, 0.1) is 30.1 Å². The zero-order valence-corrected chi connectivity index (χ0v) is 17.9. The van der Waals surface area contributed by atoms with Crippen LogP contribution in [-0.2, 0) is 4.74 Å². The molecule has 0 bridgehead atoms. The number of anilines is 4. The van der Waals surface area contributed by atoms with Crippen LogP contribution in [0.2, 0.25) is 0 Å². The Hall–Kier alpha value is -3.57. The summed E-state index contributed by atoms with van der Waals surface area (Å²) in [6.45, 7) is 1.08. The molecule has 0 saturated carbocycles. The molecule has 1 amide bonds. The van der Waals surface area contributed by atoms with E-state index in [1.807, 2.05) is 7.05 Å². The van der Waals surface area contributed by atoms with Crippen molar-refractivity contribution in [2.24, 2.45) is 10.8 Å². The van der Waals surface area contributed by atoms with Gasteiger partial charge >= 0.3 is 0 Å². The number of carbonyl (C=O) groups excluding carboxylic acids is 1. The van der Waals surface area contributed by atoms with Crippen LogP contribution in [0.25, 0.3) is 0 Å². The van der Waals surface area contributed by atoms with Gasteiger partial charge in [-0.05, 0) is 37.7 Å². The number of hydrazone groups is 1. The standard InChI is InChI=1S/C21H27FN8O2/c1-25-17-12-32-9-6-18(17)30(2)21-16(22)11-15(19(24)31)20(28-21)27-13-4-3-5-14(10-13)29-26-8-7-23/h3-5,7-8,10-11,17-18,23,25,29H,6,9,12H2,1-2H3,(H2,24,31)(H,27,28)/b23-7?,26-8-/t17?,18-/m1/s1. The van der Waals surface area contributed by atoms with Crippen LogP contribution < -0.4 is 26.7 Å². The first kappa shape index (κ1) is 23.1. The summed E-state index contributed by atoms with van der Waals surface area (Å²) in [5, 5.41) is 17.1. The molecule has 2 atom stereocenters. The number of nitrogens with one attached hydrogen (secondary N) is 4. The number of hydrogen-bond acceptors (Lipinski definition) is 9. The first-order chi connectivity index (χ1) is 15.4. The quantitative estimate of drug-likeness (QED) is 0.295. The average Bonchev–Trinajstić information content (AvgIpc) is 2.80. The van der Waals surface area contributed by atoms with Gasteiger partial charge in [0.15, 0.2) is 11.6 Å². The summed E-state index contributed by atoms with van der Waals surface area (Å²) in [4.78, 5) is 18.2. The molecule has 6 N–H and O–H groups in total. The van der Waals surface area contributed by atoms with Crippen molar-refractivity contribution in [2.75, 3.05) is 43.0 Å². The Morgan fingerprint density at radius 3 is 2.91 bits per heavy atom. The number of likely N-dealkylation sites (N-methyl/N-ethyl adjacent to an activating group) is 2. The van der Waals surface area contributed by atoms with E-state index in [0.29, 0.717) is 31.0 Å². The highest BCUT2D eigenvalue weighted by Crippen LogP contribution is 2.29. The van der Waals surface area contributed by atoms with Crippen molar-refractivity contribution in [1.82, 2.24) is 10.3 Å². The van der Waals surface area contributed by atoms with Crippen LogP contribution in [0.4, 0.5) is 27.4 Å². The molecule has 11 heteroatoms. The van der Waals surface area contributed by atoms with Crippen molar-refractivity contribution in [2.45, 2.75) is 18.5 Å². The number of pyridine rings is 1. The van der Waals surface area contributed by atoms with Crippen molar-refractivity contribution in [3.8, 4) is 0 Å². The van der Waals surface area contributed by atoms with Crippen LogP contribution >= 0.6 is 0 Å². The SMILES string of the molecule is CNC1COCC[C@H]1N(C)c1nc(Nc2cccc(N/N=C\C=N)c2)c(C(N)=O)cc1F. The lowest BCUT2D eigenvalue weighted by Crippen LogP contribution is -2.53. The minimum Gasteiger partial charge on any atom is -0.380 e. The average molecular weight is 442 g/mol. The molecule has 1 aromatic heterocycles. The number of primary amides is 1. The van der Waals surface area contributed by atoms with Crippen LogP contribution in [0.5, 0.6) is 0 Å². The zero-order valence-electron chi connectivity index (χ0n) is 17.9. The molecular formula is C21H27FN8O2. The Kier molecular flexibility index (Phi) is 7.68. The van der Waals surface area contributed by atoms with E-state index in [1.165, 1.54) is 6.21 Å². The van der Waals surface area contributed by atoms with Gasteiger partial charge in [-0.3, -0.25) is 10.2 Å². The van der Waals surface area contributed by atoms with E-state index in [0.717, 1.165) is 12.3 Å². The van der Waals surface area contributed by atoms with Gasteiger partial charge in [-0.2, -0.15) is 5.10 Å². The Labute approximate surface area is 185 Å². The summed E-state index contributed by atoms with van der Waals surface area (Å²) in [5.41, 5.74) is 9.44. The summed E-state index contributed by atoms with van der Waals surface area (Å²) >= 11 is 0. The maximum Gasteiger partial charge on any atom is 0.252 e. The molecule has 32 heavy (non-hydrogen) atoms. The number of aromatic nitrogens is 1. The number of halogens is 1. The molecule has 10 nitrogen and oxygen atoms in total. The summed E-state index contributed by atoms with van der Waals surface area (Å²) in [6, 6.07) is 8.12. The highest BCUT2D eigenvalue weighted by atomic mass is 19.1. The molecule has 2 aromatic rings. The third kappa shape index (κ3) is 5.37. The Balaban J connectivity index is 1.93. The molecule has 170 valence electrons. The third-order valence-corrected chi connectivity index (χ3v) is 5.21. The number of nitrogens with two attached hydrogens (primary N) is 1. The van der Waals surface area contributed by atoms with E-state index in [2.05, 4.69) is 26.1 Å². The summed E-state index contributed by atoms with van der Waals surface area (Å²) in [5.74, 6) is -1.18. The number of amides is 1. The zero-order chi connectivity index (χ0) is 23.1. The van der Waals surface area contributed by atoms with Crippen LogP contribution in [0.15, 0.2) is 35.4 Å². The largest absolute Gasteiger partial charge is 0.380 e. The molecule has 1 fully saturated rings. The summed E-state index contributed by atoms with van der Waals surface area (Å²) in [7, 11) is 3.60. The van der Waals surface area contributed by atoms with Gasteiger partial charge in [0, 0.05) is 31.6 Å². The normalized spacial score (nSPS) is 18.3. The van der Waals surface area contributed by atoms with E-state index in [9.17, 15) is 9.18 Å². The predicted molar refractivity (Wildman–Crippen MR) is 124 cm³/mol. The Morgan fingerprint density at radius 2 is 2.19 bits per heavy atom. The predicted octanol–water partition coefficient (Wildman–Crippen LogP) is 1.92.